The summed E-state index contributed by atoms with van der Waals surface area (Å²) in [5, 5.41) is 13.1. The number of hydrogen-bond donors (Lipinski definition) is 3. The van der Waals surface area contributed by atoms with Crippen LogP contribution in [0.15, 0.2) is 24.5 Å². The minimum absolute atomic E-state index is 0.199. The van der Waals surface area contributed by atoms with Crippen LogP contribution in [0.2, 0.25) is 0 Å². The monoisotopic (exact) mass is 331 g/mol. The van der Waals surface area contributed by atoms with E-state index in [4.69, 9.17) is 4.74 Å². The molecule has 0 saturated carbocycles. The van der Waals surface area contributed by atoms with Gasteiger partial charge in [-0.2, -0.15) is 5.10 Å². The molecule has 7 nitrogen and oxygen atoms in total. The highest BCUT2D eigenvalue weighted by Gasteiger charge is 2.11. The lowest BCUT2D eigenvalue weighted by Gasteiger charge is -2.09. The molecular formula is C17H25N5O2. The van der Waals surface area contributed by atoms with Crippen molar-refractivity contribution >= 4 is 11.6 Å². The van der Waals surface area contributed by atoms with Crippen LogP contribution in [0, 0.1) is 6.92 Å². The summed E-state index contributed by atoms with van der Waals surface area (Å²) in [6.45, 7) is 8.10. The second kappa shape index (κ2) is 9.14. The molecule has 2 aromatic heterocycles. The maximum atomic E-state index is 12.2. The number of aromatic nitrogens is 3. The highest BCUT2D eigenvalue weighted by Crippen LogP contribution is 2.13. The van der Waals surface area contributed by atoms with E-state index in [0.717, 1.165) is 31.0 Å². The van der Waals surface area contributed by atoms with Crippen LogP contribution < -0.4 is 10.6 Å². The number of anilines is 1. The normalized spacial score (nSPS) is 11.0. The van der Waals surface area contributed by atoms with Crippen molar-refractivity contribution in [3.8, 4) is 0 Å². The molecule has 0 atom stereocenters. The van der Waals surface area contributed by atoms with Gasteiger partial charge in [-0.25, -0.2) is 0 Å². The molecule has 0 unspecified atom stereocenters. The van der Waals surface area contributed by atoms with Crippen molar-refractivity contribution in [2.75, 3.05) is 18.5 Å². The van der Waals surface area contributed by atoms with E-state index in [1.807, 2.05) is 26.8 Å². The van der Waals surface area contributed by atoms with Crippen molar-refractivity contribution in [1.82, 2.24) is 20.5 Å². The van der Waals surface area contributed by atoms with Crippen LogP contribution >= 0.6 is 0 Å². The Balaban J connectivity index is 1.79. The molecule has 0 aliphatic carbocycles. The average molecular weight is 331 g/mol. The van der Waals surface area contributed by atoms with Crippen LogP contribution in [0.25, 0.3) is 0 Å². The Labute approximate surface area is 142 Å². The Morgan fingerprint density at radius 3 is 2.88 bits per heavy atom. The molecule has 2 rings (SSSR count). The Morgan fingerprint density at radius 2 is 2.17 bits per heavy atom. The maximum Gasteiger partial charge on any atom is 0.257 e. The zero-order valence-electron chi connectivity index (χ0n) is 14.4. The smallest absolute Gasteiger partial charge is 0.257 e. The Kier molecular flexibility index (Phi) is 6.89. The molecule has 0 aliphatic rings. The number of aryl methyl sites for hydroxylation is 1. The first-order chi connectivity index (χ1) is 11.6. The molecule has 7 heteroatoms. The van der Waals surface area contributed by atoms with Crippen LogP contribution in [0.1, 0.15) is 42.0 Å². The molecule has 130 valence electrons. The van der Waals surface area contributed by atoms with E-state index in [1.165, 1.54) is 0 Å². The minimum atomic E-state index is -0.199. The quantitative estimate of drug-likeness (QED) is 0.613. The summed E-state index contributed by atoms with van der Waals surface area (Å²) < 4.78 is 5.49. The second-order valence-electron chi connectivity index (χ2n) is 5.85. The van der Waals surface area contributed by atoms with Crippen molar-refractivity contribution < 1.29 is 9.53 Å². The number of carbonyl (C=O) groups is 1. The first-order valence-corrected chi connectivity index (χ1v) is 8.15. The van der Waals surface area contributed by atoms with Crippen LogP contribution in [-0.2, 0) is 11.3 Å². The summed E-state index contributed by atoms with van der Waals surface area (Å²) in [6, 6.07) is 3.57. The summed E-state index contributed by atoms with van der Waals surface area (Å²) in [5.41, 5.74) is 2.91. The fourth-order valence-corrected chi connectivity index (χ4v) is 2.08. The topological polar surface area (TPSA) is 91.9 Å². The van der Waals surface area contributed by atoms with E-state index in [-0.39, 0.29) is 12.0 Å². The number of hydrogen-bond acceptors (Lipinski definition) is 5. The SMILES string of the molecule is Cc1ccc(C(=O)Nc2cn[nH]c2CNCCCOC(C)C)cn1. The summed E-state index contributed by atoms with van der Waals surface area (Å²) >= 11 is 0. The van der Waals surface area contributed by atoms with Gasteiger partial charge in [-0.1, -0.05) is 0 Å². The molecular weight excluding hydrogens is 306 g/mol. The lowest BCUT2D eigenvalue weighted by atomic mass is 10.2. The number of H-pyrrole nitrogens is 1. The molecule has 0 spiro atoms. The fraction of sp³-hybridized carbons (Fsp3) is 0.471. The largest absolute Gasteiger partial charge is 0.379 e. The van der Waals surface area contributed by atoms with Crippen LogP contribution in [0.4, 0.5) is 5.69 Å². The minimum Gasteiger partial charge on any atom is -0.379 e. The van der Waals surface area contributed by atoms with E-state index in [2.05, 4.69) is 25.8 Å². The second-order valence-corrected chi connectivity index (χ2v) is 5.85. The number of nitrogens with one attached hydrogen (secondary N) is 3. The predicted molar refractivity (Wildman–Crippen MR) is 92.9 cm³/mol. The first-order valence-electron chi connectivity index (χ1n) is 8.15. The molecule has 0 fully saturated rings. The third-order valence-electron chi connectivity index (χ3n) is 3.39. The number of amides is 1. The van der Waals surface area contributed by atoms with Gasteiger partial charge in [0.05, 0.1) is 29.2 Å². The van der Waals surface area contributed by atoms with Gasteiger partial charge in [-0.05, 0) is 45.9 Å². The fourth-order valence-electron chi connectivity index (χ4n) is 2.08. The third kappa shape index (κ3) is 5.75. The third-order valence-corrected chi connectivity index (χ3v) is 3.39. The molecule has 2 heterocycles. The van der Waals surface area contributed by atoms with E-state index in [0.29, 0.717) is 17.8 Å². The molecule has 1 amide bonds. The van der Waals surface area contributed by atoms with Crippen molar-refractivity contribution in [3.63, 3.8) is 0 Å². The van der Waals surface area contributed by atoms with Gasteiger partial charge in [-0.15, -0.1) is 0 Å². The lowest BCUT2D eigenvalue weighted by Crippen LogP contribution is -2.19. The van der Waals surface area contributed by atoms with E-state index in [1.54, 1.807) is 18.5 Å². The van der Waals surface area contributed by atoms with Gasteiger partial charge in [-0.3, -0.25) is 14.9 Å². The van der Waals surface area contributed by atoms with Gasteiger partial charge >= 0.3 is 0 Å². The number of pyridine rings is 1. The van der Waals surface area contributed by atoms with Gasteiger partial charge in [0.15, 0.2) is 0 Å². The van der Waals surface area contributed by atoms with Crippen LogP contribution in [0.5, 0.6) is 0 Å². The molecule has 3 N–H and O–H groups in total. The van der Waals surface area contributed by atoms with Gasteiger partial charge in [0.25, 0.3) is 5.91 Å². The van der Waals surface area contributed by atoms with Crippen molar-refractivity contribution in [2.45, 2.75) is 39.8 Å². The van der Waals surface area contributed by atoms with Crippen molar-refractivity contribution in [3.05, 3.63) is 41.5 Å². The summed E-state index contributed by atoms with van der Waals surface area (Å²) in [5.74, 6) is -0.199. The predicted octanol–water partition coefficient (Wildman–Crippen LogP) is 2.27. The zero-order chi connectivity index (χ0) is 17.4. The molecule has 0 aliphatic heterocycles. The first kappa shape index (κ1) is 18.1. The Morgan fingerprint density at radius 1 is 1.33 bits per heavy atom. The lowest BCUT2D eigenvalue weighted by molar-refractivity contribution is 0.0770. The summed E-state index contributed by atoms with van der Waals surface area (Å²) in [6.07, 6.45) is 4.37. The number of ether oxygens (including phenoxy) is 1. The molecule has 0 aromatic carbocycles. The highest BCUT2D eigenvalue weighted by atomic mass is 16.5. The maximum absolute atomic E-state index is 12.2. The molecule has 24 heavy (non-hydrogen) atoms. The average Bonchev–Trinajstić information content (AvgIpc) is 2.98. The van der Waals surface area contributed by atoms with Gasteiger partial charge in [0, 0.05) is 25.0 Å². The number of rotatable bonds is 9. The highest BCUT2D eigenvalue weighted by molar-refractivity contribution is 6.04. The van der Waals surface area contributed by atoms with Gasteiger partial charge < -0.3 is 15.4 Å². The van der Waals surface area contributed by atoms with Crippen LogP contribution in [-0.4, -0.2) is 40.3 Å². The number of aromatic amines is 1. The van der Waals surface area contributed by atoms with Crippen LogP contribution in [0.3, 0.4) is 0 Å². The van der Waals surface area contributed by atoms with E-state index < -0.39 is 0 Å². The number of nitrogens with zero attached hydrogens (tertiary/aromatic N) is 2. The van der Waals surface area contributed by atoms with E-state index >= 15 is 0 Å². The molecule has 0 radical (unpaired) electrons. The Bertz CT molecular complexity index is 637. The molecule has 0 saturated heterocycles. The van der Waals surface area contributed by atoms with E-state index in [9.17, 15) is 4.79 Å². The summed E-state index contributed by atoms with van der Waals surface area (Å²) in [4.78, 5) is 16.4. The van der Waals surface area contributed by atoms with Crippen molar-refractivity contribution in [1.29, 1.82) is 0 Å². The molecule has 2 aromatic rings. The number of carbonyl (C=O) groups excluding carboxylic acids is 1. The summed E-state index contributed by atoms with van der Waals surface area (Å²) in [7, 11) is 0. The standard InChI is InChI=1S/C17H25N5O2/c1-12(2)24-8-4-7-18-10-16-15(11-20-22-16)21-17(23)14-6-5-13(3)19-9-14/h5-6,9,11-12,18H,4,7-8,10H2,1-3H3,(H,20,22)(H,21,23). The zero-order valence-corrected chi connectivity index (χ0v) is 14.4. The molecule has 0 bridgehead atoms. The Hall–Kier alpha value is -2.25. The van der Waals surface area contributed by atoms with Gasteiger partial charge in [0.2, 0.25) is 0 Å². The van der Waals surface area contributed by atoms with Crippen molar-refractivity contribution in [2.24, 2.45) is 0 Å². The van der Waals surface area contributed by atoms with Gasteiger partial charge in [0.1, 0.15) is 0 Å².